The minimum atomic E-state index is 0. The van der Waals surface area contributed by atoms with Crippen molar-refractivity contribution in [2.75, 3.05) is 13.1 Å². The highest BCUT2D eigenvalue weighted by Crippen LogP contribution is 2.41. The first-order valence-corrected chi connectivity index (χ1v) is 11.5. The Morgan fingerprint density at radius 3 is 1.97 bits per heavy atom. The molecule has 0 bridgehead atoms. The standard InChI is InChI=1S/C27H26ClN3O.ClH/c28-24-13-11-21(12-14-24)19-25-29-26(32-30-25)20-31-17-15-27(16-18-31,22-7-3-1-4-8-22)23-9-5-2-6-10-23;/h1-14H,15-20H2;1H. The van der Waals surface area contributed by atoms with Gasteiger partial charge in [-0.15, -0.1) is 12.4 Å². The molecular weight excluding hydrogens is 453 g/mol. The molecule has 4 aromatic rings. The third-order valence-electron chi connectivity index (χ3n) is 6.51. The second kappa shape index (κ2) is 10.5. The van der Waals surface area contributed by atoms with Crippen LogP contribution in [0.3, 0.4) is 0 Å². The van der Waals surface area contributed by atoms with Gasteiger partial charge in [-0.2, -0.15) is 4.98 Å². The van der Waals surface area contributed by atoms with E-state index in [9.17, 15) is 0 Å². The lowest BCUT2D eigenvalue weighted by molar-refractivity contribution is 0.155. The number of hydrogen-bond acceptors (Lipinski definition) is 4. The molecule has 0 spiro atoms. The monoisotopic (exact) mass is 479 g/mol. The normalized spacial score (nSPS) is 15.7. The highest BCUT2D eigenvalue weighted by molar-refractivity contribution is 6.30. The predicted octanol–water partition coefficient (Wildman–Crippen LogP) is 6.32. The van der Waals surface area contributed by atoms with Gasteiger partial charge in [0, 0.05) is 16.9 Å². The lowest BCUT2D eigenvalue weighted by Gasteiger charge is -2.42. The molecule has 1 aliphatic heterocycles. The highest BCUT2D eigenvalue weighted by atomic mass is 35.5. The zero-order chi connectivity index (χ0) is 21.8. The van der Waals surface area contributed by atoms with Gasteiger partial charge in [-0.05, 0) is 54.8 Å². The molecule has 0 N–H and O–H groups in total. The van der Waals surface area contributed by atoms with E-state index in [-0.39, 0.29) is 17.8 Å². The summed E-state index contributed by atoms with van der Waals surface area (Å²) in [6.07, 6.45) is 2.77. The second-order valence-electron chi connectivity index (χ2n) is 8.50. The number of hydrogen-bond donors (Lipinski definition) is 0. The van der Waals surface area contributed by atoms with Crippen molar-refractivity contribution in [2.45, 2.75) is 31.2 Å². The number of nitrogens with zero attached hydrogens (tertiary/aromatic N) is 3. The summed E-state index contributed by atoms with van der Waals surface area (Å²) < 4.78 is 5.56. The summed E-state index contributed by atoms with van der Waals surface area (Å²) in [5, 5.41) is 4.91. The van der Waals surface area contributed by atoms with Gasteiger partial charge in [-0.25, -0.2) is 0 Å². The number of likely N-dealkylation sites (tertiary alicyclic amines) is 1. The summed E-state index contributed by atoms with van der Waals surface area (Å²) in [7, 11) is 0. The molecule has 2 heterocycles. The largest absolute Gasteiger partial charge is 0.338 e. The van der Waals surface area contributed by atoms with Gasteiger partial charge in [-0.1, -0.05) is 89.6 Å². The molecule has 170 valence electrons. The van der Waals surface area contributed by atoms with E-state index in [0.717, 1.165) is 36.5 Å². The van der Waals surface area contributed by atoms with Gasteiger partial charge in [0.1, 0.15) is 0 Å². The van der Waals surface area contributed by atoms with E-state index in [1.54, 1.807) is 0 Å². The number of rotatable bonds is 6. The summed E-state index contributed by atoms with van der Waals surface area (Å²) in [5.74, 6) is 1.39. The van der Waals surface area contributed by atoms with Crippen LogP contribution in [0.1, 0.15) is 41.2 Å². The van der Waals surface area contributed by atoms with Crippen molar-refractivity contribution in [1.82, 2.24) is 15.0 Å². The zero-order valence-corrected chi connectivity index (χ0v) is 19.9. The molecule has 0 atom stereocenters. The minimum absolute atomic E-state index is 0. The van der Waals surface area contributed by atoms with Crippen molar-refractivity contribution in [3.05, 3.63) is 118 Å². The van der Waals surface area contributed by atoms with E-state index >= 15 is 0 Å². The van der Waals surface area contributed by atoms with Gasteiger partial charge in [0.15, 0.2) is 5.82 Å². The number of halogens is 2. The average molecular weight is 480 g/mol. The fourth-order valence-electron chi connectivity index (χ4n) is 4.75. The molecule has 3 aromatic carbocycles. The smallest absolute Gasteiger partial charge is 0.240 e. The van der Waals surface area contributed by atoms with E-state index < -0.39 is 0 Å². The molecule has 4 nitrogen and oxygen atoms in total. The van der Waals surface area contributed by atoms with Crippen molar-refractivity contribution in [2.24, 2.45) is 0 Å². The maximum Gasteiger partial charge on any atom is 0.240 e. The zero-order valence-electron chi connectivity index (χ0n) is 18.4. The third-order valence-corrected chi connectivity index (χ3v) is 6.76. The number of aromatic nitrogens is 2. The summed E-state index contributed by atoms with van der Waals surface area (Å²) in [6, 6.07) is 29.6. The van der Waals surface area contributed by atoms with E-state index in [1.165, 1.54) is 11.1 Å². The molecule has 1 aromatic heterocycles. The number of piperidine rings is 1. The van der Waals surface area contributed by atoms with Crippen LogP contribution in [-0.4, -0.2) is 28.1 Å². The Morgan fingerprint density at radius 2 is 1.39 bits per heavy atom. The molecule has 0 unspecified atom stereocenters. The minimum Gasteiger partial charge on any atom is -0.338 e. The molecular formula is C27H27Cl2N3O. The van der Waals surface area contributed by atoms with Gasteiger partial charge < -0.3 is 4.52 Å². The van der Waals surface area contributed by atoms with Gasteiger partial charge in [0.2, 0.25) is 5.89 Å². The second-order valence-corrected chi connectivity index (χ2v) is 8.93. The van der Waals surface area contributed by atoms with Crippen LogP contribution in [0.25, 0.3) is 0 Å². The molecule has 0 aliphatic carbocycles. The summed E-state index contributed by atoms with van der Waals surface area (Å²) >= 11 is 5.97. The molecule has 0 radical (unpaired) electrons. The highest BCUT2D eigenvalue weighted by Gasteiger charge is 2.37. The lowest BCUT2D eigenvalue weighted by atomic mass is 9.68. The van der Waals surface area contributed by atoms with Crippen LogP contribution < -0.4 is 0 Å². The Balaban J connectivity index is 0.00000259. The van der Waals surface area contributed by atoms with Gasteiger partial charge in [-0.3, -0.25) is 4.90 Å². The molecule has 6 heteroatoms. The summed E-state index contributed by atoms with van der Waals surface area (Å²) in [5.41, 5.74) is 3.96. The maximum atomic E-state index is 5.97. The van der Waals surface area contributed by atoms with E-state index in [0.29, 0.717) is 24.7 Å². The molecule has 33 heavy (non-hydrogen) atoms. The third kappa shape index (κ3) is 5.30. The summed E-state index contributed by atoms with van der Waals surface area (Å²) in [6.45, 7) is 2.66. The van der Waals surface area contributed by atoms with Crippen molar-refractivity contribution in [3.63, 3.8) is 0 Å². The van der Waals surface area contributed by atoms with Gasteiger partial charge in [0.05, 0.1) is 6.54 Å². The van der Waals surface area contributed by atoms with Gasteiger partial charge >= 0.3 is 0 Å². The quantitative estimate of drug-likeness (QED) is 0.324. The fraction of sp³-hybridized carbons (Fsp3) is 0.259. The van der Waals surface area contributed by atoms with Crippen LogP contribution in [0.15, 0.2) is 89.5 Å². The van der Waals surface area contributed by atoms with Crippen LogP contribution in [0.4, 0.5) is 0 Å². The molecule has 0 saturated carbocycles. The first-order valence-electron chi connectivity index (χ1n) is 11.1. The molecule has 0 amide bonds. The summed E-state index contributed by atoms with van der Waals surface area (Å²) in [4.78, 5) is 7.04. The SMILES string of the molecule is Cl.Clc1ccc(Cc2noc(CN3CCC(c4ccccc4)(c4ccccc4)CC3)n2)cc1. The molecule has 5 rings (SSSR count). The average Bonchev–Trinajstić information content (AvgIpc) is 3.29. The Bertz CT molecular complexity index is 1100. The Morgan fingerprint density at radius 1 is 0.818 bits per heavy atom. The molecule has 1 fully saturated rings. The topological polar surface area (TPSA) is 42.2 Å². The van der Waals surface area contributed by atoms with Gasteiger partial charge in [0.25, 0.3) is 0 Å². The first-order chi connectivity index (χ1) is 15.7. The van der Waals surface area contributed by atoms with E-state index in [1.807, 2.05) is 24.3 Å². The van der Waals surface area contributed by atoms with Crippen molar-refractivity contribution in [3.8, 4) is 0 Å². The lowest BCUT2D eigenvalue weighted by Crippen LogP contribution is -2.43. The first kappa shape index (κ1) is 23.5. The van der Waals surface area contributed by atoms with Crippen LogP contribution in [0, 0.1) is 0 Å². The predicted molar refractivity (Wildman–Crippen MR) is 134 cm³/mol. The Kier molecular flexibility index (Phi) is 7.49. The van der Waals surface area contributed by atoms with Crippen molar-refractivity contribution >= 4 is 24.0 Å². The number of benzene rings is 3. The van der Waals surface area contributed by atoms with E-state index in [2.05, 4.69) is 75.7 Å². The van der Waals surface area contributed by atoms with Crippen molar-refractivity contribution < 1.29 is 4.52 Å². The van der Waals surface area contributed by atoms with Crippen LogP contribution in [-0.2, 0) is 18.4 Å². The Labute approximate surface area is 206 Å². The molecule has 1 aliphatic rings. The van der Waals surface area contributed by atoms with E-state index in [4.69, 9.17) is 16.1 Å². The van der Waals surface area contributed by atoms with Crippen LogP contribution in [0.5, 0.6) is 0 Å². The fourth-order valence-corrected chi connectivity index (χ4v) is 4.88. The van der Waals surface area contributed by atoms with Crippen LogP contribution >= 0.6 is 24.0 Å². The Hall–Kier alpha value is -2.66. The molecule has 1 saturated heterocycles. The van der Waals surface area contributed by atoms with Crippen LogP contribution in [0.2, 0.25) is 5.02 Å². The maximum absolute atomic E-state index is 5.97. The van der Waals surface area contributed by atoms with Crippen molar-refractivity contribution in [1.29, 1.82) is 0 Å².